The van der Waals surface area contributed by atoms with E-state index in [-0.39, 0.29) is 28.4 Å². The molecule has 3 aromatic rings. The summed E-state index contributed by atoms with van der Waals surface area (Å²) in [5.41, 5.74) is 1.91. The highest BCUT2D eigenvalue weighted by atomic mass is 16.5. The number of phenolic OH excluding ortho intramolecular Hbond substituents is 1. The van der Waals surface area contributed by atoms with Crippen LogP contribution >= 0.6 is 0 Å². The molecule has 0 aliphatic heterocycles. The van der Waals surface area contributed by atoms with E-state index in [0.29, 0.717) is 19.0 Å². The topological polar surface area (TPSA) is 102 Å². The second-order valence-corrected chi connectivity index (χ2v) is 12.3. The summed E-state index contributed by atoms with van der Waals surface area (Å²) in [6.07, 6.45) is 18.3. The highest BCUT2D eigenvalue weighted by molar-refractivity contribution is 5.98. The van der Waals surface area contributed by atoms with Crippen LogP contribution in [-0.2, 0) is 0 Å². The number of hydrogen-bond donors (Lipinski definition) is 2. The van der Waals surface area contributed by atoms with Gasteiger partial charge in [0.1, 0.15) is 34.1 Å². The number of rotatable bonds is 24. The normalized spacial score (nSPS) is 10.9. The third-order valence-electron chi connectivity index (χ3n) is 8.31. The van der Waals surface area contributed by atoms with E-state index >= 15 is 0 Å². The van der Waals surface area contributed by atoms with Crippen LogP contribution in [0.1, 0.15) is 137 Å². The number of aromatic carboxylic acids is 1. The van der Waals surface area contributed by atoms with Crippen LogP contribution in [0.25, 0.3) is 11.1 Å². The molecule has 3 aromatic carbocycles. The molecule has 0 spiro atoms. The molecule has 256 valence electrons. The molecule has 0 saturated carbocycles. The second-order valence-electron chi connectivity index (χ2n) is 12.3. The quantitative estimate of drug-likeness (QED) is 0.0567. The molecule has 0 unspecified atom stereocenters. The Balaban J connectivity index is 1.69. The number of carboxylic acids is 1. The van der Waals surface area contributed by atoms with Crippen molar-refractivity contribution in [1.29, 1.82) is 0 Å². The van der Waals surface area contributed by atoms with Gasteiger partial charge in [0.25, 0.3) is 0 Å². The third-order valence-corrected chi connectivity index (χ3v) is 8.31. The van der Waals surface area contributed by atoms with Crippen LogP contribution in [0.15, 0.2) is 60.7 Å². The van der Waals surface area contributed by atoms with Gasteiger partial charge in [-0.3, -0.25) is 0 Å². The molecule has 0 atom stereocenters. The smallest absolute Gasteiger partial charge is 0.347 e. The number of benzene rings is 3. The van der Waals surface area contributed by atoms with Crippen LogP contribution in [0.2, 0.25) is 0 Å². The highest BCUT2D eigenvalue weighted by Gasteiger charge is 2.23. The number of carbonyl (C=O) groups is 2. The van der Waals surface area contributed by atoms with Gasteiger partial charge in [-0.25, -0.2) is 9.59 Å². The van der Waals surface area contributed by atoms with Gasteiger partial charge in [-0.05, 0) is 60.4 Å². The van der Waals surface area contributed by atoms with Crippen LogP contribution in [-0.4, -0.2) is 35.4 Å². The molecule has 0 saturated heterocycles. The summed E-state index contributed by atoms with van der Waals surface area (Å²) >= 11 is 0. The summed E-state index contributed by atoms with van der Waals surface area (Å²) in [6, 6.07) is 16.8. The molecular weight excluding hydrogens is 592 g/mol. The summed E-state index contributed by atoms with van der Waals surface area (Å²) in [6.45, 7) is 5.15. The van der Waals surface area contributed by atoms with Crippen molar-refractivity contribution in [3.63, 3.8) is 0 Å². The number of hydrogen-bond acceptors (Lipinski definition) is 6. The first-order chi connectivity index (χ1) is 22.9. The Morgan fingerprint density at radius 2 is 0.957 bits per heavy atom. The largest absolute Gasteiger partial charge is 0.508 e. The van der Waals surface area contributed by atoms with E-state index in [9.17, 15) is 19.8 Å². The Morgan fingerprint density at radius 3 is 1.43 bits per heavy atom. The van der Waals surface area contributed by atoms with E-state index in [1.165, 1.54) is 76.3 Å². The molecule has 7 nitrogen and oxygen atoms in total. The number of esters is 1. The Bertz CT molecular complexity index is 1330. The standard InChI is InChI=1S/C40H54O7/c1-3-5-7-9-11-13-15-17-27-45-37-30-36(38(29-35(37)39(42)43)46-28-18-16-14-12-10-8-6-4-2)40(44)47-34-25-21-32(22-26-34)31-19-23-33(41)24-20-31/h19-26,29-30,41H,3-18,27-28H2,1-2H3,(H,42,43). The molecule has 0 amide bonds. The minimum Gasteiger partial charge on any atom is -0.508 e. The van der Waals surface area contributed by atoms with Crippen molar-refractivity contribution < 1.29 is 34.0 Å². The molecule has 2 N–H and O–H groups in total. The molecule has 7 heteroatoms. The first kappa shape index (κ1) is 37.5. The van der Waals surface area contributed by atoms with Crippen LogP contribution in [0.5, 0.6) is 23.0 Å². The molecule has 0 radical (unpaired) electrons. The van der Waals surface area contributed by atoms with Crippen molar-refractivity contribution in [1.82, 2.24) is 0 Å². The number of ether oxygens (including phenoxy) is 3. The Kier molecular flexibility index (Phi) is 17.3. The summed E-state index contributed by atoms with van der Waals surface area (Å²) in [4.78, 5) is 25.7. The second kappa shape index (κ2) is 21.7. The Hall–Kier alpha value is -4.00. The van der Waals surface area contributed by atoms with E-state index in [1.54, 1.807) is 24.3 Å². The van der Waals surface area contributed by atoms with Gasteiger partial charge in [-0.1, -0.05) is 128 Å². The lowest BCUT2D eigenvalue weighted by Gasteiger charge is -2.16. The van der Waals surface area contributed by atoms with Crippen molar-refractivity contribution in [3.8, 4) is 34.1 Å². The zero-order valence-corrected chi connectivity index (χ0v) is 28.4. The Labute approximate surface area is 281 Å². The average Bonchev–Trinajstić information content (AvgIpc) is 3.07. The number of carboxylic acid groups (broad SMARTS) is 1. The fraction of sp³-hybridized carbons (Fsp3) is 0.500. The number of phenols is 1. The van der Waals surface area contributed by atoms with Gasteiger partial charge in [0.2, 0.25) is 0 Å². The minimum absolute atomic E-state index is 0.0368. The summed E-state index contributed by atoms with van der Waals surface area (Å²) in [7, 11) is 0. The first-order valence-corrected chi connectivity index (χ1v) is 17.7. The van der Waals surface area contributed by atoms with Crippen molar-refractivity contribution in [2.24, 2.45) is 0 Å². The maximum absolute atomic E-state index is 13.5. The maximum atomic E-state index is 13.5. The molecule has 0 bridgehead atoms. The van der Waals surface area contributed by atoms with Crippen molar-refractivity contribution in [2.75, 3.05) is 13.2 Å². The van der Waals surface area contributed by atoms with E-state index < -0.39 is 11.9 Å². The Morgan fingerprint density at radius 1 is 0.553 bits per heavy atom. The molecule has 0 aromatic heterocycles. The van der Waals surface area contributed by atoms with Gasteiger partial charge in [0, 0.05) is 0 Å². The van der Waals surface area contributed by atoms with Gasteiger partial charge >= 0.3 is 11.9 Å². The van der Waals surface area contributed by atoms with Gasteiger partial charge in [-0.2, -0.15) is 0 Å². The van der Waals surface area contributed by atoms with Gasteiger partial charge < -0.3 is 24.4 Å². The molecule has 0 aliphatic rings. The lowest BCUT2D eigenvalue weighted by molar-refractivity contribution is 0.0684. The van der Waals surface area contributed by atoms with E-state index in [1.807, 2.05) is 24.3 Å². The predicted molar refractivity (Wildman–Crippen MR) is 188 cm³/mol. The average molecular weight is 647 g/mol. The monoisotopic (exact) mass is 646 g/mol. The number of aromatic hydroxyl groups is 1. The molecular formula is C40H54O7. The predicted octanol–water partition coefficient (Wildman–Crippen LogP) is 11.0. The summed E-state index contributed by atoms with van der Waals surface area (Å²) in [5.74, 6) is -0.949. The fourth-order valence-electron chi connectivity index (χ4n) is 5.49. The fourth-order valence-corrected chi connectivity index (χ4v) is 5.49. The molecule has 47 heavy (non-hydrogen) atoms. The highest BCUT2D eigenvalue weighted by Crippen LogP contribution is 2.32. The summed E-state index contributed by atoms with van der Waals surface area (Å²) in [5, 5.41) is 19.6. The van der Waals surface area contributed by atoms with E-state index in [0.717, 1.165) is 49.7 Å². The maximum Gasteiger partial charge on any atom is 0.347 e. The first-order valence-electron chi connectivity index (χ1n) is 17.7. The van der Waals surface area contributed by atoms with Gasteiger partial charge in [0.05, 0.1) is 13.2 Å². The zero-order chi connectivity index (χ0) is 33.7. The van der Waals surface area contributed by atoms with Gasteiger partial charge in [-0.15, -0.1) is 0 Å². The molecule has 0 aliphatic carbocycles. The van der Waals surface area contributed by atoms with Crippen molar-refractivity contribution in [2.45, 2.75) is 117 Å². The zero-order valence-electron chi connectivity index (χ0n) is 28.4. The minimum atomic E-state index is -1.14. The van der Waals surface area contributed by atoms with E-state index in [4.69, 9.17) is 14.2 Å². The number of unbranched alkanes of at least 4 members (excludes halogenated alkanes) is 14. The van der Waals surface area contributed by atoms with Crippen molar-refractivity contribution >= 4 is 11.9 Å². The lowest BCUT2D eigenvalue weighted by Crippen LogP contribution is -2.14. The van der Waals surface area contributed by atoms with Crippen LogP contribution in [0, 0.1) is 0 Å². The molecule has 0 heterocycles. The van der Waals surface area contributed by atoms with Crippen LogP contribution in [0.3, 0.4) is 0 Å². The molecule has 3 rings (SSSR count). The molecule has 0 fully saturated rings. The van der Waals surface area contributed by atoms with Gasteiger partial charge in [0.15, 0.2) is 0 Å². The SMILES string of the molecule is CCCCCCCCCCOc1cc(C(=O)Oc2ccc(-c3ccc(O)cc3)cc2)c(OCCCCCCCCCC)cc1C(=O)O. The number of carbonyl (C=O) groups excluding carboxylic acids is 1. The van der Waals surface area contributed by atoms with Crippen LogP contribution in [0.4, 0.5) is 0 Å². The van der Waals surface area contributed by atoms with Crippen LogP contribution < -0.4 is 14.2 Å². The third kappa shape index (κ3) is 13.7. The lowest BCUT2D eigenvalue weighted by atomic mass is 10.1. The van der Waals surface area contributed by atoms with Crippen molar-refractivity contribution in [3.05, 3.63) is 71.8 Å². The summed E-state index contributed by atoms with van der Waals surface area (Å²) < 4.78 is 17.7. The van der Waals surface area contributed by atoms with E-state index in [2.05, 4.69) is 13.8 Å².